The highest BCUT2D eigenvalue weighted by atomic mass is 31.3. The number of nitrogen functional groups attached to an aromatic ring is 1. The number of nitrogens with two attached hydrogens (primary N) is 1. The van der Waals surface area contributed by atoms with Crippen LogP contribution in [0.2, 0.25) is 0 Å². The van der Waals surface area contributed by atoms with Gasteiger partial charge in [0.05, 0.1) is 13.2 Å². The second-order valence-electron chi connectivity index (χ2n) is 5.47. The molecule has 1 aromatic heterocycles. The molecular weight excluding hydrogens is 412 g/mol. The van der Waals surface area contributed by atoms with Crippen molar-refractivity contribution < 1.29 is 47.8 Å². The Balaban J connectivity index is 2.04. The van der Waals surface area contributed by atoms with Crippen LogP contribution in [0, 0.1) is 0 Å². The Morgan fingerprint density at radius 1 is 1.33 bits per heavy atom. The number of aliphatic hydroxyl groups is 3. The molecule has 1 aliphatic rings. The van der Waals surface area contributed by atoms with Crippen molar-refractivity contribution in [3.8, 4) is 0 Å². The molecule has 0 spiro atoms. The fraction of sp³-hybridized carbons (Fsp3) is 0.636. The summed E-state index contributed by atoms with van der Waals surface area (Å²) in [6, 6.07) is 1.24. The molecule has 1 saturated heterocycles. The lowest BCUT2D eigenvalue weighted by molar-refractivity contribution is -0.234. The summed E-state index contributed by atoms with van der Waals surface area (Å²) < 4.78 is 37.1. The summed E-state index contributed by atoms with van der Waals surface area (Å²) in [6.45, 7) is -1.77. The maximum absolute atomic E-state index is 11.8. The van der Waals surface area contributed by atoms with Gasteiger partial charge in [0, 0.05) is 12.4 Å². The first-order chi connectivity index (χ1) is 12.5. The quantitative estimate of drug-likeness (QED) is 0.294. The lowest BCUT2D eigenvalue weighted by Gasteiger charge is -2.31. The van der Waals surface area contributed by atoms with Crippen LogP contribution >= 0.6 is 15.4 Å². The third-order valence-corrected chi connectivity index (χ3v) is 6.47. The van der Waals surface area contributed by atoms with Gasteiger partial charge in [0.25, 0.3) is 7.82 Å². The Kier molecular flexibility index (Phi) is 6.92. The van der Waals surface area contributed by atoms with Gasteiger partial charge in [0.15, 0.2) is 6.23 Å². The number of aromatic nitrogens is 2. The largest absolute Gasteiger partial charge is 0.778 e. The number of rotatable bonds is 8. The number of nitrogens with zero attached hydrogens (tertiary/aromatic N) is 2. The van der Waals surface area contributed by atoms with Gasteiger partial charge in [0.1, 0.15) is 31.7 Å². The number of phosphoric ester groups is 1. The molecule has 2 rings (SSSR count). The summed E-state index contributed by atoms with van der Waals surface area (Å²) in [7, 11) is -10.2. The topological polar surface area (TPSA) is 230 Å². The molecule has 1 aromatic rings. The van der Waals surface area contributed by atoms with Crippen molar-refractivity contribution in [1.29, 1.82) is 0 Å². The average Bonchev–Trinajstić information content (AvgIpc) is 2.80. The lowest BCUT2D eigenvalue weighted by atomic mass is 10.1. The van der Waals surface area contributed by atoms with Crippen molar-refractivity contribution in [1.82, 2.24) is 9.55 Å². The van der Waals surface area contributed by atoms with Gasteiger partial charge < -0.3 is 44.7 Å². The molecule has 6 atom stereocenters. The van der Waals surface area contributed by atoms with Crippen LogP contribution in [-0.4, -0.2) is 62.6 Å². The van der Waals surface area contributed by atoms with Gasteiger partial charge in [-0.15, -0.1) is 0 Å². The fourth-order valence-electron chi connectivity index (χ4n) is 2.22. The Morgan fingerprint density at radius 3 is 2.59 bits per heavy atom. The monoisotopic (exact) mass is 429 g/mol. The highest BCUT2D eigenvalue weighted by Gasteiger charge is 2.44. The van der Waals surface area contributed by atoms with Gasteiger partial charge in [-0.25, -0.2) is 4.79 Å². The molecule has 0 amide bonds. The van der Waals surface area contributed by atoms with Crippen LogP contribution in [0.1, 0.15) is 6.23 Å². The zero-order valence-corrected chi connectivity index (χ0v) is 15.3. The summed E-state index contributed by atoms with van der Waals surface area (Å²) in [6.07, 6.45) is -5.97. The maximum Gasteiger partial charge on any atom is 0.351 e. The molecule has 1 fully saturated rings. The Morgan fingerprint density at radius 2 is 2.00 bits per heavy atom. The van der Waals surface area contributed by atoms with Crippen LogP contribution in [0.4, 0.5) is 5.82 Å². The summed E-state index contributed by atoms with van der Waals surface area (Å²) in [5.74, 6) is -0.0847. The van der Waals surface area contributed by atoms with Gasteiger partial charge in [-0.05, 0) is 6.07 Å². The van der Waals surface area contributed by atoms with E-state index in [1.165, 1.54) is 6.07 Å². The van der Waals surface area contributed by atoms with Crippen LogP contribution in [0.15, 0.2) is 17.1 Å². The van der Waals surface area contributed by atoms with Crippen LogP contribution < -0.4 is 21.2 Å². The molecular formula is C11H17N3O11P2-2. The van der Waals surface area contributed by atoms with Crippen molar-refractivity contribution in [2.75, 3.05) is 25.1 Å². The SMILES string of the molecule is Nc1ccn([C@@H]2O[C@H](COP(=O)([O-])OP(=O)([O-])CCO)[C@@H](O)[C@H]2O)c(=O)n1. The van der Waals surface area contributed by atoms with Crippen LogP contribution in [0.5, 0.6) is 0 Å². The van der Waals surface area contributed by atoms with E-state index in [0.29, 0.717) is 0 Å². The first-order valence-corrected chi connectivity index (χ1v) is 10.6. The number of hydrogen-bond donors (Lipinski definition) is 4. The average molecular weight is 429 g/mol. The van der Waals surface area contributed by atoms with E-state index in [2.05, 4.69) is 13.8 Å². The van der Waals surface area contributed by atoms with Crippen LogP contribution in [-0.2, 0) is 22.7 Å². The van der Waals surface area contributed by atoms with Gasteiger partial charge in [0.2, 0.25) is 0 Å². The molecule has 27 heavy (non-hydrogen) atoms. The molecule has 0 bridgehead atoms. The van der Waals surface area contributed by atoms with Crippen molar-refractivity contribution in [3.05, 3.63) is 22.7 Å². The Hall–Kier alpha value is -1.18. The standard InChI is InChI=1S/C11H19N3O11P2/c12-7-1-2-14(11(18)13-7)10-9(17)8(16)6(24-10)5-23-27(21,22)25-26(19,20)4-3-15/h1-2,6,8-10,15-17H,3-5H2,(H,19,20)(H,21,22)(H2,12,13,18)/p-2/t6-,8-,9-,10-/m1/s1. The Bertz CT molecular complexity index is 817. The minimum absolute atomic E-state index is 0.0847. The summed E-state index contributed by atoms with van der Waals surface area (Å²) >= 11 is 0. The summed E-state index contributed by atoms with van der Waals surface area (Å²) in [4.78, 5) is 38.1. The zero-order chi connectivity index (χ0) is 20.4. The third-order valence-electron chi connectivity index (χ3n) is 3.46. The van der Waals surface area contributed by atoms with E-state index in [9.17, 15) is 33.9 Å². The van der Waals surface area contributed by atoms with Gasteiger partial charge >= 0.3 is 5.69 Å². The van der Waals surface area contributed by atoms with Crippen molar-refractivity contribution in [2.24, 2.45) is 0 Å². The molecule has 0 aliphatic carbocycles. The van der Waals surface area contributed by atoms with E-state index in [4.69, 9.17) is 15.6 Å². The molecule has 14 nitrogen and oxygen atoms in total. The van der Waals surface area contributed by atoms with E-state index in [-0.39, 0.29) is 5.82 Å². The summed E-state index contributed by atoms with van der Waals surface area (Å²) in [5.41, 5.74) is 4.45. The van der Waals surface area contributed by atoms with Gasteiger partial charge in [-0.2, -0.15) is 4.98 Å². The molecule has 5 N–H and O–H groups in total. The summed E-state index contributed by atoms with van der Waals surface area (Å²) in [5, 5.41) is 28.5. The number of hydrogen-bond acceptors (Lipinski definition) is 13. The number of phosphoric acid groups is 1. The molecule has 2 unspecified atom stereocenters. The predicted octanol–water partition coefficient (Wildman–Crippen LogP) is -3.51. The first-order valence-electron chi connectivity index (χ1n) is 7.40. The minimum atomic E-state index is -5.36. The third kappa shape index (κ3) is 5.65. The van der Waals surface area contributed by atoms with E-state index in [1.807, 2.05) is 0 Å². The fourth-order valence-corrected chi connectivity index (χ4v) is 4.53. The smallest absolute Gasteiger partial charge is 0.351 e. The van der Waals surface area contributed by atoms with Crippen molar-refractivity contribution in [3.63, 3.8) is 0 Å². The molecule has 0 saturated carbocycles. The molecule has 154 valence electrons. The number of anilines is 1. The molecule has 16 heteroatoms. The Labute approximate surface area is 151 Å². The highest BCUT2D eigenvalue weighted by Crippen LogP contribution is 2.54. The first kappa shape index (κ1) is 22.1. The number of ether oxygens (including phenoxy) is 1. The number of aliphatic hydroxyl groups excluding tert-OH is 3. The predicted molar refractivity (Wildman–Crippen MR) is 83.0 cm³/mol. The molecule has 2 heterocycles. The van der Waals surface area contributed by atoms with E-state index in [0.717, 1.165) is 10.8 Å². The van der Waals surface area contributed by atoms with Gasteiger partial charge in [-0.3, -0.25) is 13.4 Å². The van der Waals surface area contributed by atoms with E-state index >= 15 is 0 Å². The van der Waals surface area contributed by atoms with Gasteiger partial charge in [-0.1, -0.05) is 0 Å². The van der Waals surface area contributed by atoms with E-state index < -0.39 is 65.0 Å². The minimum Gasteiger partial charge on any atom is -0.778 e. The normalized spacial score (nSPS) is 30.0. The van der Waals surface area contributed by atoms with Crippen LogP contribution in [0.25, 0.3) is 0 Å². The second kappa shape index (κ2) is 8.45. The van der Waals surface area contributed by atoms with E-state index in [1.54, 1.807) is 0 Å². The van der Waals surface area contributed by atoms with Crippen LogP contribution in [0.3, 0.4) is 0 Å². The van der Waals surface area contributed by atoms with Crippen molar-refractivity contribution in [2.45, 2.75) is 24.5 Å². The maximum atomic E-state index is 11.8. The highest BCUT2D eigenvalue weighted by molar-refractivity contribution is 7.62. The zero-order valence-electron chi connectivity index (χ0n) is 13.6. The molecule has 1 aliphatic heterocycles. The van der Waals surface area contributed by atoms with Crippen molar-refractivity contribution >= 4 is 21.2 Å². The molecule has 0 radical (unpaired) electrons. The molecule has 0 aromatic carbocycles. The lowest BCUT2D eigenvalue weighted by Crippen LogP contribution is -2.36. The second-order valence-corrected chi connectivity index (χ2v) is 8.95.